The zero-order valence-electron chi connectivity index (χ0n) is 12.5. The second-order valence-electron chi connectivity index (χ2n) is 5.43. The van der Waals surface area contributed by atoms with Crippen LogP contribution in [0.4, 0.5) is 8.78 Å². The van der Waals surface area contributed by atoms with Crippen molar-refractivity contribution in [3.8, 4) is 11.3 Å². The van der Waals surface area contributed by atoms with Crippen molar-refractivity contribution in [2.45, 2.75) is 20.3 Å². The number of fused-ring (bicyclic) bond motifs is 1. The molecule has 0 radical (unpaired) electrons. The molecule has 0 spiro atoms. The van der Waals surface area contributed by atoms with Crippen LogP contribution in [0, 0.1) is 18.6 Å². The highest BCUT2D eigenvalue weighted by atomic mass is 35.5. The predicted octanol–water partition coefficient (Wildman–Crippen LogP) is 4.37. The lowest BCUT2D eigenvalue weighted by Gasteiger charge is -2.15. The fraction of sp³-hybridized carbons (Fsp3) is 0.176. The Morgan fingerprint density at radius 1 is 1.22 bits per heavy atom. The summed E-state index contributed by atoms with van der Waals surface area (Å²) in [6, 6.07) is 4.92. The van der Waals surface area contributed by atoms with Gasteiger partial charge in [-0.2, -0.15) is 0 Å². The SMILES string of the molecule is CC(=O)Cc1cc(Cl)c2cnc(C)n2c1-c1cc(F)cc(F)c1. The van der Waals surface area contributed by atoms with E-state index in [2.05, 4.69) is 4.98 Å². The van der Waals surface area contributed by atoms with E-state index in [0.717, 1.165) is 6.07 Å². The van der Waals surface area contributed by atoms with Crippen LogP contribution < -0.4 is 0 Å². The second-order valence-corrected chi connectivity index (χ2v) is 5.84. The number of halogens is 3. The number of Topliss-reactive ketones (excluding diaryl/α,β-unsaturated/α-hetero) is 1. The third kappa shape index (κ3) is 2.84. The minimum Gasteiger partial charge on any atom is -0.300 e. The number of pyridine rings is 1. The van der Waals surface area contributed by atoms with Crippen LogP contribution in [0.1, 0.15) is 18.3 Å². The van der Waals surface area contributed by atoms with E-state index in [1.54, 1.807) is 23.6 Å². The van der Waals surface area contributed by atoms with Crippen LogP contribution in [-0.2, 0) is 11.2 Å². The van der Waals surface area contributed by atoms with Crippen molar-refractivity contribution in [3.05, 3.63) is 58.5 Å². The Kier molecular flexibility index (Phi) is 3.90. The maximum Gasteiger partial charge on any atom is 0.134 e. The maximum atomic E-state index is 13.7. The highest BCUT2D eigenvalue weighted by molar-refractivity contribution is 6.34. The molecule has 0 aliphatic carbocycles. The molecular weight excluding hydrogens is 322 g/mol. The van der Waals surface area contributed by atoms with Crippen LogP contribution in [0.3, 0.4) is 0 Å². The van der Waals surface area contributed by atoms with Crippen molar-refractivity contribution >= 4 is 22.9 Å². The zero-order chi connectivity index (χ0) is 16.7. The van der Waals surface area contributed by atoms with Crippen molar-refractivity contribution in [2.24, 2.45) is 0 Å². The lowest BCUT2D eigenvalue weighted by atomic mass is 10.0. The van der Waals surface area contributed by atoms with Gasteiger partial charge in [-0.15, -0.1) is 0 Å². The smallest absolute Gasteiger partial charge is 0.134 e. The number of carbonyl (C=O) groups excluding carboxylic acids is 1. The van der Waals surface area contributed by atoms with Crippen LogP contribution in [0.2, 0.25) is 5.02 Å². The monoisotopic (exact) mass is 334 g/mol. The Morgan fingerprint density at radius 2 is 1.87 bits per heavy atom. The molecule has 0 N–H and O–H groups in total. The quantitative estimate of drug-likeness (QED) is 0.712. The summed E-state index contributed by atoms with van der Waals surface area (Å²) < 4.78 is 29.0. The third-order valence-corrected chi connectivity index (χ3v) is 3.89. The van der Waals surface area contributed by atoms with Crippen molar-refractivity contribution in [1.82, 2.24) is 9.38 Å². The number of hydrogen-bond donors (Lipinski definition) is 0. The minimum absolute atomic E-state index is 0.0729. The summed E-state index contributed by atoms with van der Waals surface area (Å²) in [6.07, 6.45) is 1.70. The number of carbonyl (C=O) groups is 1. The van der Waals surface area contributed by atoms with Crippen LogP contribution >= 0.6 is 11.6 Å². The molecule has 23 heavy (non-hydrogen) atoms. The Morgan fingerprint density at radius 3 is 2.48 bits per heavy atom. The molecular formula is C17H13ClF2N2O. The molecule has 0 aliphatic rings. The summed E-state index contributed by atoms with van der Waals surface area (Å²) in [7, 11) is 0. The van der Waals surface area contributed by atoms with Crippen molar-refractivity contribution < 1.29 is 13.6 Å². The molecule has 0 atom stereocenters. The average Bonchev–Trinajstić information content (AvgIpc) is 2.80. The summed E-state index contributed by atoms with van der Waals surface area (Å²) in [5.74, 6) is -0.826. The number of benzene rings is 1. The van der Waals surface area contributed by atoms with Crippen molar-refractivity contribution in [3.63, 3.8) is 0 Å². The highest BCUT2D eigenvalue weighted by Gasteiger charge is 2.18. The van der Waals surface area contributed by atoms with Gasteiger partial charge in [0.1, 0.15) is 23.2 Å². The first-order valence-corrected chi connectivity index (χ1v) is 7.36. The van der Waals surface area contributed by atoms with Gasteiger partial charge in [0.25, 0.3) is 0 Å². The maximum absolute atomic E-state index is 13.7. The van der Waals surface area contributed by atoms with E-state index in [9.17, 15) is 13.6 Å². The van der Waals surface area contributed by atoms with Gasteiger partial charge in [0, 0.05) is 18.1 Å². The fourth-order valence-corrected chi connectivity index (χ4v) is 3.01. The highest BCUT2D eigenvalue weighted by Crippen LogP contribution is 2.32. The van der Waals surface area contributed by atoms with E-state index in [1.807, 2.05) is 0 Å². The Balaban J connectivity index is 2.42. The number of nitrogens with zero attached hydrogens (tertiary/aromatic N) is 2. The van der Waals surface area contributed by atoms with Gasteiger partial charge >= 0.3 is 0 Å². The number of hydrogen-bond acceptors (Lipinski definition) is 2. The van der Waals surface area contributed by atoms with Gasteiger partial charge < -0.3 is 0 Å². The molecule has 1 aromatic carbocycles. The van der Waals surface area contributed by atoms with Gasteiger partial charge in [-0.05, 0) is 37.6 Å². The molecule has 0 amide bonds. The van der Waals surface area contributed by atoms with E-state index in [4.69, 9.17) is 11.6 Å². The molecule has 118 valence electrons. The van der Waals surface area contributed by atoms with E-state index < -0.39 is 11.6 Å². The molecule has 0 unspecified atom stereocenters. The number of imidazole rings is 1. The van der Waals surface area contributed by atoms with Gasteiger partial charge in [-0.3, -0.25) is 9.20 Å². The Bertz CT molecular complexity index is 914. The Labute approximate surface area is 136 Å². The number of aryl methyl sites for hydroxylation is 1. The summed E-state index contributed by atoms with van der Waals surface area (Å²) >= 11 is 6.26. The van der Waals surface area contributed by atoms with Gasteiger partial charge in [0.15, 0.2) is 0 Å². The average molecular weight is 335 g/mol. The van der Waals surface area contributed by atoms with E-state index in [1.165, 1.54) is 19.1 Å². The molecule has 0 saturated carbocycles. The first-order chi connectivity index (χ1) is 10.9. The topological polar surface area (TPSA) is 34.4 Å². The zero-order valence-corrected chi connectivity index (χ0v) is 13.3. The largest absolute Gasteiger partial charge is 0.300 e. The molecule has 6 heteroatoms. The van der Waals surface area contributed by atoms with Crippen LogP contribution in [-0.4, -0.2) is 15.2 Å². The molecule has 3 aromatic rings. The summed E-state index contributed by atoms with van der Waals surface area (Å²) in [6.45, 7) is 3.22. The molecule has 3 nitrogen and oxygen atoms in total. The standard InChI is InChI=1S/C17H13ClF2N2O/c1-9(23)3-11-6-15(18)16-8-21-10(2)22(16)17(11)12-4-13(19)7-14(20)5-12/h4-8H,3H2,1-2H3. The van der Waals surface area contributed by atoms with Crippen LogP contribution in [0.25, 0.3) is 16.8 Å². The molecule has 0 aliphatic heterocycles. The Hall–Kier alpha value is -2.27. The van der Waals surface area contributed by atoms with E-state index in [0.29, 0.717) is 33.2 Å². The van der Waals surface area contributed by atoms with Gasteiger partial charge in [-0.25, -0.2) is 13.8 Å². The first kappa shape index (κ1) is 15.6. The molecule has 2 aromatic heterocycles. The first-order valence-electron chi connectivity index (χ1n) is 6.98. The van der Waals surface area contributed by atoms with Crippen LogP contribution in [0.5, 0.6) is 0 Å². The fourth-order valence-electron chi connectivity index (χ4n) is 2.74. The lowest BCUT2D eigenvalue weighted by molar-refractivity contribution is -0.116. The van der Waals surface area contributed by atoms with Gasteiger partial charge in [-0.1, -0.05) is 11.6 Å². The third-order valence-electron chi connectivity index (χ3n) is 3.59. The van der Waals surface area contributed by atoms with E-state index in [-0.39, 0.29) is 12.2 Å². The van der Waals surface area contributed by atoms with Gasteiger partial charge in [0.05, 0.1) is 22.4 Å². The second kappa shape index (κ2) is 5.74. The number of rotatable bonds is 3. The molecule has 3 rings (SSSR count). The predicted molar refractivity (Wildman–Crippen MR) is 84.7 cm³/mol. The number of ketones is 1. The van der Waals surface area contributed by atoms with Crippen molar-refractivity contribution in [1.29, 1.82) is 0 Å². The molecule has 2 heterocycles. The normalized spacial score (nSPS) is 11.2. The lowest BCUT2D eigenvalue weighted by Crippen LogP contribution is -2.05. The number of aromatic nitrogens is 2. The molecule has 0 saturated heterocycles. The van der Waals surface area contributed by atoms with E-state index >= 15 is 0 Å². The molecule has 0 fully saturated rings. The van der Waals surface area contributed by atoms with Crippen LogP contribution in [0.15, 0.2) is 30.5 Å². The summed E-state index contributed by atoms with van der Waals surface area (Å²) in [5, 5.41) is 0.433. The van der Waals surface area contributed by atoms with Crippen molar-refractivity contribution in [2.75, 3.05) is 0 Å². The van der Waals surface area contributed by atoms with Gasteiger partial charge in [0.2, 0.25) is 0 Å². The summed E-state index contributed by atoms with van der Waals surface area (Å²) in [5.41, 5.74) is 2.08. The summed E-state index contributed by atoms with van der Waals surface area (Å²) in [4.78, 5) is 15.8. The molecule has 0 bridgehead atoms. The minimum atomic E-state index is -0.686.